The van der Waals surface area contributed by atoms with Crippen LogP contribution in [0.2, 0.25) is 0 Å². The van der Waals surface area contributed by atoms with Crippen molar-refractivity contribution in [3.63, 3.8) is 0 Å². The maximum atomic E-state index is 6.04. The first-order valence-corrected chi connectivity index (χ1v) is 7.02. The molecule has 2 aromatic rings. The highest BCUT2D eigenvalue weighted by molar-refractivity contribution is 5.89. The highest BCUT2D eigenvalue weighted by Crippen LogP contribution is 2.22. The van der Waals surface area contributed by atoms with E-state index in [0.29, 0.717) is 23.5 Å². The summed E-state index contributed by atoms with van der Waals surface area (Å²) in [4.78, 5) is 13.3. The molecule has 0 spiro atoms. The summed E-state index contributed by atoms with van der Waals surface area (Å²) in [6, 6.07) is 2.49. The summed E-state index contributed by atoms with van der Waals surface area (Å²) >= 11 is 0. The second kappa shape index (κ2) is 5.20. The van der Waals surface area contributed by atoms with Crippen LogP contribution in [-0.4, -0.2) is 34.1 Å². The molecule has 1 fully saturated rings. The third-order valence-corrected chi connectivity index (χ3v) is 3.69. The third-order valence-electron chi connectivity index (χ3n) is 3.69. The molecule has 3 rings (SSSR count). The first kappa shape index (κ1) is 13.1. The molecule has 1 atom stereocenters. The minimum atomic E-state index is 0.488. The average molecular weight is 272 g/mol. The highest BCUT2D eigenvalue weighted by Gasteiger charge is 2.15. The van der Waals surface area contributed by atoms with E-state index in [4.69, 9.17) is 5.73 Å². The first-order chi connectivity index (χ1) is 9.63. The van der Waals surface area contributed by atoms with E-state index < -0.39 is 0 Å². The lowest BCUT2D eigenvalue weighted by atomic mass is 10.1. The number of aromatic nitrogens is 3. The fraction of sp³-hybridized carbons (Fsp3) is 0.500. The second-order valence-electron chi connectivity index (χ2n) is 5.39. The molecule has 3 heterocycles. The number of pyridine rings is 1. The summed E-state index contributed by atoms with van der Waals surface area (Å²) in [6.07, 6.45) is 2.42. The van der Waals surface area contributed by atoms with Gasteiger partial charge in [-0.1, -0.05) is 0 Å². The largest absolute Gasteiger partial charge is 0.383 e. The molecule has 4 N–H and O–H groups in total. The molecular formula is C14H20N6. The van der Waals surface area contributed by atoms with Gasteiger partial charge in [0.2, 0.25) is 5.95 Å². The summed E-state index contributed by atoms with van der Waals surface area (Å²) in [5, 5.41) is 7.53. The lowest BCUT2D eigenvalue weighted by molar-refractivity contribution is 0.631. The van der Waals surface area contributed by atoms with Crippen LogP contribution < -0.4 is 16.4 Å². The van der Waals surface area contributed by atoms with Gasteiger partial charge in [-0.05, 0) is 44.9 Å². The Labute approximate surface area is 118 Å². The molecule has 20 heavy (non-hydrogen) atoms. The Balaban J connectivity index is 1.88. The van der Waals surface area contributed by atoms with Gasteiger partial charge in [0.15, 0.2) is 5.65 Å². The summed E-state index contributed by atoms with van der Waals surface area (Å²) in [7, 11) is 0. The SMILES string of the molecule is Cc1cc(C)c2c(N)nc(NCC3CCCN3)nc2n1. The van der Waals surface area contributed by atoms with Crippen LogP contribution in [0.25, 0.3) is 11.0 Å². The van der Waals surface area contributed by atoms with E-state index in [1.165, 1.54) is 12.8 Å². The van der Waals surface area contributed by atoms with Gasteiger partial charge in [0.25, 0.3) is 0 Å². The zero-order valence-corrected chi connectivity index (χ0v) is 11.9. The zero-order valence-electron chi connectivity index (χ0n) is 11.9. The van der Waals surface area contributed by atoms with Crippen LogP contribution in [0.1, 0.15) is 24.1 Å². The summed E-state index contributed by atoms with van der Waals surface area (Å²) in [5.41, 5.74) is 8.71. The van der Waals surface area contributed by atoms with Gasteiger partial charge in [-0.2, -0.15) is 9.97 Å². The van der Waals surface area contributed by atoms with Gasteiger partial charge in [0.1, 0.15) is 5.82 Å². The molecule has 1 saturated heterocycles. The molecule has 0 radical (unpaired) electrons. The number of hydrogen-bond acceptors (Lipinski definition) is 6. The molecule has 1 aliphatic rings. The molecule has 1 unspecified atom stereocenters. The molecule has 0 saturated carbocycles. The van der Waals surface area contributed by atoms with E-state index in [1.807, 2.05) is 19.9 Å². The molecule has 0 bridgehead atoms. The fourth-order valence-corrected chi connectivity index (χ4v) is 2.73. The molecular weight excluding hydrogens is 252 g/mol. The lowest BCUT2D eigenvalue weighted by Crippen LogP contribution is -2.29. The van der Waals surface area contributed by atoms with Crippen molar-refractivity contribution in [3.05, 3.63) is 17.3 Å². The first-order valence-electron chi connectivity index (χ1n) is 7.02. The molecule has 0 aliphatic carbocycles. The molecule has 6 heteroatoms. The van der Waals surface area contributed by atoms with Crippen molar-refractivity contribution < 1.29 is 0 Å². The number of nitrogens with one attached hydrogen (secondary N) is 2. The van der Waals surface area contributed by atoms with E-state index >= 15 is 0 Å². The number of hydrogen-bond donors (Lipinski definition) is 3. The van der Waals surface area contributed by atoms with Crippen molar-refractivity contribution in [1.82, 2.24) is 20.3 Å². The molecule has 106 valence electrons. The van der Waals surface area contributed by atoms with Crippen molar-refractivity contribution in [2.45, 2.75) is 32.7 Å². The standard InChI is InChI=1S/C14H20N6/c1-8-6-9(2)18-13-11(8)12(15)19-14(20-13)17-7-10-4-3-5-16-10/h6,10,16H,3-5,7H2,1-2H3,(H3,15,17,18,19,20). The van der Waals surface area contributed by atoms with E-state index in [9.17, 15) is 0 Å². The van der Waals surface area contributed by atoms with Gasteiger partial charge < -0.3 is 16.4 Å². The molecule has 0 amide bonds. The van der Waals surface area contributed by atoms with Gasteiger partial charge in [-0.3, -0.25) is 0 Å². The van der Waals surface area contributed by atoms with E-state index in [2.05, 4.69) is 25.6 Å². The van der Waals surface area contributed by atoms with Crippen molar-refractivity contribution in [1.29, 1.82) is 0 Å². The van der Waals surface area contributed by atoms with Gasteiger partial charge >= 0.3 is 0 Å². The number of nitrogen functional groups attached to an aromatic ring is 1. The number of anilines is 2. The van der Waals surface area contributed by atoms with E-state index in [-0.39, 0.29) is 0 Å². The van der Waals surface area contributed by atoms with Crippen LogP contribution >= 0.6 is 0 Å². The monoisotopic (exact) mass is 272 g/mol. The summed E-state index contributed by atoms with van der Waals surface area (Å²) < 4.78 is 0. The van der Waals surface area contributed by atoms with Crippen LogP contribution in [0, 0.1) is 13.8 Å². The van der Waals surface area contributed by atoms with Crippen LogP contribution in [0.15, 0.2) is 6.07 Å². The average Bonchev–Trinajstić information content (AvgIpc) is 2.88. The van der Waals surface area contributed by atoms with Crippen LogP contribution in [0.3, 0.4) is 0 Å². The minimum absolute atomic E-state index is 0.488. The quantitative estimate of drug-likeness (QED) is 0.782. The fourth-order valence-electron chi connectivity index (χ4n) is 2.73. The Hall–Kier alpha value is -1.95. The number of nitrogens with two attached hydrogens (primary N) is 1. The van der Waals surface area contributed by atoms with E-state index in [0.717, 1.165) is 29.7 Å². The molecule has 6 nitrogen and oxygen atoms in total. The lowest BCUT2D eigenvalue weighted by Gasteiger charge is -2.13. The normalized spacial score (nSPS) is 18.6. The van der Waals surface area contributed by atoms with Gasteiger partial charge in [-0.25, -0.2) is 4.98 Å². The second-order valence-corrected chi connectivity index (χ2v) is 5.39. The van der Waals surface area contributed by atoms with Crippen molar-refractivity contribution >= 4 is 22.8 Å². The Kier molecular flexibility index (Phi) is 3.40. The number of aryl methyl sites for hydroxylation is 2. The third kappa shape index (κ3) is 2.51. The summed E-state index contributed by atoms with van der Waals surface area (Å²) in [5.74, 6) is 1.04. The molecule has 0 aromatic carbocycles. The summed E-state index contributed by atoms with van der Waals surface area (Å²) in [6.45, 7) is 5.87. The highest BCUT2D eigenvalue weighted by atomic mass is 15.1. The van der Waals surface area contributed by atoms with Gasteiger partial charge in [0.05, 0.1) is 5.39 Å². The predicted molar refractivity (Wildman–Crippen MR) is 80.7 cm³/mol. The Morgan fingerprint density at radius 1 is 1.35 bits per heavy atom. The molecule has 2 aromatic heterocycles. The minimum Gasteiger partial charge on any atom is -0.383 e. The number of rotatable bonds is 3. The topological polar surface area (TPSA) is 88.8 Å². The van der Waals surface area contributed by atoms with Gasteiger partial charge in [0, 0.05) is 18.3 Å². The predicted octanol–water partition coefficient (Wildman–Crippen LogP) is 1.39. The van der Waals surface area contributed by atoms with Crippen molar-refractivity contribution in [2.24, 2.45) is 0 Å². The van der Waals surface area contributed by atoms with Crippen LogP contribution in [0.4, 0.5) is 11.8 Å². The smallest absolute Gasteiger partial charge is 0.226 e. The number of nitrogens with zero attached hydrogens (tertiary/aromatic N) is 3. The molecule has 1 aliphatic heterocycles. The van der Waals surface area contributed by atoms with E-state index in [1.54, 1.807) is 0 Å². The van der Waals surface area contributed by atoms with Gasteiger partial charge in [-0.15, -0.1) is 0 Å². The number of fused-ring (bicyclic) bond motifs is 1. The Bertz CT molecular complexity index is 633. The maximum absolute atomic E-state index is 6.04. The van der Waals surface area contributed by atoms with Crippen LogP contribution in [-0.2, 0) is 0 Å². The Morgan fingerprint density at radius 3 is 2.95 bits per heavy atom. The zero-order chi connectivity index (χ0) is 14.1. The van der Waals surface area contributed by atoms with Crippen molar-refractivity contribution in [2.75, 3.05) is 24.1 Å². The maximum Gasteiger partial charge on any atom is 0.226 e. The van der Waals surface area contributed by atoms with Crippen LogP contribution in [0.5, 0.6) is 0 Å². The van der Waals surface area contributed by atoms with Crippen molar-refractivity contribution in [3.8, 4) is 0 Å². The Morgan fingerprint density at radius 2 is 2.20 bits per heavy atom.